The second-order valence-electron chi connectivity index (χ2n) is 8.05. The largest absolute Gasteiger partial charge is 0.478 e. The molecular formula is C28H22N2O3. The van der Waals surface area contributed by atoms with Crippen LogP contribution in [0.3, 0.4) is 0 Å². The number of ether oxygens (including phenoxy) is 1. The number of nitrogens with zero attached hydrogens (tertiary/aromatic N) is 1. The molecule has 162 valence electrons. The number of rotatable bonds is 5. The third kappa shape index (κ3) is 4.08. The minimum absolute atomic E-state index is 0.209. The molecular weight excluding hydrogens is 412 g/mol. The third-order valence-corrected chi connectivity index (χ3v) is 5.76. The first-order valence-electron chi connectivity index (χ1n) is 10.7. The van der Waals surface area contributed by atoms with Crippen molar-refractivity contribution in [1.29, 1.82) is 0 Å². The van der Waals surface area contributed by atoms with Crippen LogP contribution in [0.4, 0.5) is 0 Å². The Kier molecular flexibility index (Phi) is 5.15. The normalized spacial score (nSPS) is 11.0. The molecule has 0 saturated heterocycles. The molecule has 33 heavy (non-hydrogen) atoms. The van der Waals surface area contributed by atoms with Crippen molar-refractivity contribution in [3.8, 4) is 34.0 Å². The van der Waals surface area contributed by atoms with Crippen molar-refractivity contribution in [3.05, 3.63) is 102 Å². The first-order chi connectivity index (χ1) is 16.0. The molecule has 0 bridgehead atoms. The van der Waals surface area contributed by atoms with Gasteiger partial charge in [-0.25, -0.2) is 4.79 Å². The fourth-order valence-electron chi connectivity index (χ4n) is 3.98. The predicted octanol–water partition coefficient (Wildman–Crippen LogP) is 7.00. The molecule has 0 saturated carbocycles. The predicted molar refractivity (Wildman–Crippen MR) is 130 cm³/mol. The lowest BCUT2D eigenvalue weighted by Gasteiger charge is -2.08. The Morgan fingerprint density at radius 3 is 2.24 bits per heavy atom. The molecule has 1 heterocycles. The van der Waals surface area contributed by atoms with Crippen molar-refractivity contribution in [1.82, 2.24) is 9.97 Å². The van der Waals surface area contributed by atoms with Gasteiger partial charge in [0.25, 0.3) is 6.01 Å². The number of aromatic nitrogens is 2. The summed E-state index contributed by atoms with van der Waals surface area (Å²) in [6.45, 7) is 3.82. The van der Waals surface area contributed by atoms with Crippen LogP contribution in [0.25, 0.3) is 33.3 Å². The van der Waals surface area contributed by atoms with Crippen LogP contribution in [-0.4, -0.2) is 21.0 Å². The second-order valence-corrected chi connectivity index (χ2v) is 8.05. The summed E-state index contributed by atoms with van der Waals surface area (Å²) in [4.78, 5) is 19.1. The number of nitrogens with one attached hydrogen (secondary N) is 1. The number of aromatic carboxylic acids is 1. The summed E-state index contributed by atoms with van der Waals surface area (Å²) in [6.07, 6.45) is 0. The lowest BCUT2D eigenvalue weighted by molar-refractivity contribution is 0.0695. The number of imidazole rings is 1. The van der Waals surface area contributed by atoms with E-state index < -0.39 is 5.97 Å². The molecule has 0 amide bonds. The van der Waals surface area contributed by atoms with E-state index in [2.05, 4.69) is 53.3 Å². The fraction of sp³-hybridized carbons (Fsp3) is 0.0714. The van der Waals surface area contributed by atoms with Gasteiger partial charge in [0.05, 0.1) is 16.6 Å². The van der Waals surface area contributed by atoms with Crippen molar-refractivity contribution in [2.45, 2.75) is 13.8 Å². The van der Waals surface area contributed by atoms with Gasteiger partial charge in [-0.15, -0.1) is 0 Å². The number of carboxylic acid groups (broad SMARTS) is 1. The van der Waals surface area contributed by atoms with Crippen LogP contribution in [-0.2, 0) is 0 Å². The molecule has 0 aliphatic heterocycles. The van der Waals surface area contributed by atoms with Gasteiger partial charge in [0.2, 0.25) is 0 Å². The number of carbonyl (C=O) groups is 1. The molecule has 0 spiro atoms. The zero-order valence-electron chi connectivity index (χ0n) is 18.3. The van der Waals surface area contributed by atoms with Crippen LogP contribution in [0.2, 0.25) is 0 Å². The summed E-state index contributed by atoms with van der Waals surface area (Å²) in [6, 6.07) is 28.2. The maximum atomic E-state index is 11.4. The van der Waals surface area contributed by atoms with Crippen molar-refractivity contribution in [2.75, 3.05) is 0 Å². The summed E-state index contributed by atoms with van der Waals surface area (Å²) in [5.74, 6) is -0.563. The molecule has 5 nitrogen and oxygen atoms in total. The van der Waals surface area contributed by atoms with E-state index in [1.54, 1.807) is 19.1 Å². The zero-order valence-corrected chi connectivity index (χ0v) is 18.3. The maximum absolute atomic E-state index is 11.4. The smallest absolute Gasteiger partial charge is 0.336 e. The van der Waals surface area contributed by atoms with Crippen LogP contribution in [0.1, 0.15) is 21.5 Å². The van der Waals surface area contributed by atoms with Crippen LogP contribution in [0, 0.1) is 13.8 Å². The Labute approximate surface area is 191 Å². The van der Waals surface area contributed by atoms with E-state index in [-0.39, 0.29) is 5.56 Å². The van der Waals surface area contributed by atoms with E-state index in [0.29, 0.717) is 17.3 Å². The van der Waals surface area contributed by atoms with E-state index in [1.807, 2.05) is 30.3 Å². The second kappa shape index (κ2) is 8.28. The molecule has 1 aromatic heterocycles. The highest BCUT2D eigenvalue weighted by Gasteiger charge is 2.12. The Hall–Kier alpha value is -4.38. The van der Waals surface area contributed by atoms with Crippen molar-refractivity contribution >= 4 is 17.0 Å². The Morgan fingerprint density at radius 2 is 1.52 bits per heavy atom. The van der Waals surface area contributed by atoms with Gasteiger partial charge in [0.1, 0.15) is 5.75 Å². The molecule has 0 atom stereocenters. The average Bonchev–Trinajstić information content (AvgIpc) is 3.21. The zero-order chi connectivity index (χ0) is 22.9. The molecule has 5 rings (SSSR count). The van der Waals surface area contributed by atoms with Gasteiger partial charge in [-0.05, 0) is 71.5 Å². The molecule has 0 radical (unpaired) electrons. The highest BCUT2D eigenvalue weighted by molar-refractivity contribution is 5.90. The summed E-state index contributed by atoms with van der Waals surface area (Å²) in [7, 11) is 0. The molecule has 5 aromatic rings. The lowest BCUT2D eigenvalue weighted by Crippen LogP contribution is -2.00. The Morgan fingerprint density at radius 1 is 0.818 bits per heavy atom. The molecule has 0 aliphatic rings. The Bertz CT molecular complexity index is 1470. The number of carboxylic acids is 1. The first-order valence-corrected chi connectivity index (χ1v) is 10.7. The van der Waals surface area contributed by atoms with E-state index in [4.69, 9.17) is 4.74 Å². The van der Waals surface area contributed by atoms with Crippen LogP contribution in [0.15, 0.2) is 84.9 Å². The number of hydrogen-bond acceptors (Lipinski definition) is 3. The number of H-pyrrole nitrogens is 1. The summed E-state index contributed by atoms with van der Waals surface area (Å²) >= 11 is 0. The van der Waals surface area contributed by atoms with E-state index in [1.165, 1.54) is 17.2 Å². The van der Waals surface area contributed by atoms with E-state index in [9.17, 15) is 9.90 Å². The van der Waals surface area contributed by atoms with Gasteiger partial charge in [-0.2, -0.15) is 4.98 Å². The quantitative estimate of drug-likeness (QED) is 0.312. The summed E-state index contributed by atoms with van der Waals surface area (Å²) in [5, 5.41) is 9.34. The van der Waals surface area contributed by atoms with Crippen molar-refractivity contribution in [2.24, 2.45) is 0 Å². The van der Waals surface area contributed by atoms with Crippen LogP contribution >= 0.6 is 0 Å². The topological polar surface area (TPSA) is 75.2 Å². The third-order valence-electron chi connectivity index (χ3n) is 5.76. The molecule has 2 N–H and O–H groups in total. The first kappa shape index (κ1) is 20.5. The number of benzene rings is 4. The SMILES string of the molecule is Cc1ccc(Oc2nc3cc(-c4ccc(-c5ccccc5)cc4)c(C)cc3[nH]2)cc1C(=O)O. The minimum atomic E-state index is -0.985. The molecule has 5 heteroatoms. The number of hydrogen-bond donors (Lipinski definition) is 2. The summed E-state index contributed by atoms with van der Waals surface area (Å²) in [5.41, 5.74) is 8.22. The monoisotopic (exact) mass is 434 g/mol. The van der Waals surface area contributed by atoms with Crippen molar-refractivity contribution in [3.63, 3.8) is 0 Å². The standard InChI is InChI=1S/C28H22N2O3/c1-17-8-13-22(15-24(17)27(31)32)33-28-29-25-14-18(2)23(16-26(25)30-28)21-11-9-20(10-12-21)19-6-4-3-5-7-19/h3-16H,1-2H3,(H,29,30)(H,31,32). The average molecular weight is 434 g/mol. The van der Waals surface area contributed by atoms with Gasteiger partial charge in [-0.1, -0.05) is 60.7 Å². The highest BCUT2D eigenvalue weighted by Crippen LogP contribution is 2.31. The Balaban J connectivity index is 1.45. The lowest BCUT2D eigenvalue weighted by atomic mass is 9.97. The maximum Gasteiger partial charge on any atom is 0.336 e. The molecule has 0 aliphatic carbocycles. The van der Waals surface area contributed by atoms with Gasteiger partial charge in [-0.3, -0.25) is 0 Å². The van der Waals surface area contributed by atoms with Gasteiger partial charge in [0, 0.05) is 0 Å². The summed E-state index contributed by atoms with van der Waals surface area (Å²) < 4.78 is 5.83. The number of aromatic amines is 1. The number of fused-ring (bicyclic) bond motifs is 1. The highest BCUT2D eigenvalue weighted by atomic mass is 16.5. The van der Waals surface area contributed by atoms with Gasteiger partial charge < -0.3 is 14.8 Å². The van der Waals surface area contributed by atoms with Gasteiger partial charge >= 0.3 is 5.97 Å². The van der Waals surface area contributed by atoms with Crippen LogP contribution < -0.4 is 4.74 Å². The fourth-order valence-corrected chi connectivity index (χ4v) is 3.98. The molecule has 0 fully saturated rings. The van der Waals surface area contributed by atoms with Crippen LogP contribution in [0.5, 0.6) is 11.8 Å². The number of aryl methyl sites for hydroxylation is 2. The van der Waals surface area contributed by atoms with E-state index >= 15 is 0 Å². The molecule has 0 unspecified atom stereocenters. The molecule has 4 aromatic carbocycles. The van der Waals surface area contributed by atoms with Gasteiger partial charge in [0.15, 0.2) is 0 Å². The van der Waals surface area contributed by atoms with Crippen molar-refractivity contribution < 1.29 is 14.6 Å². The van der Waals surface area contributed by atoms with E-state index in [0.717, 1.165) is 27.7 Å². The minimum Gasteiger partial charge on any atom is -0.478 e.